The zero-order chi connectivity index (χ0) is 17.0. The van der Waals surface area contributed by atoms with Crippen molar-refractivity contribution in [1.82, 2.24) is 0 Å². The summed E-state index contributed by atoms with van der Waals surface area (Å²) in [5, 5.41) is 18.8. The molecule has 0 aliphatic rings. The second-order valence-electron chi connectivity index (χ2n) is 4.19. The van der Waals surface area contributed by atoms with Gasteiger partial charge in [-0.2, -0.15) is 0 Å². The molecule has 22 heavy (non-hydrogen) atoms. The quantitative estimate of drug-likeness (QED) is 0.297. The third-order valence-electron chi connectivity index (χ3n) is 2.30. The number of ether oxygens (including phenoxy) is 3. The molecule has 8 nitrogen and oxygen atoms in total. The highest BCUT2D eigenvalue weighted by atomic mass is 16.6. The molecule has 0 spiro atoms. The lowest BCUT2D eigenvalue weighted by molar-refractivity contribution is -0.178. The molecule has 0 rings (SSSR count). The van der Waals surface area contributed by atoms with E-state index in [2.05, 4.69) is 27.4 Å². The van der Waals surface area contributed by atoms with E-state index in [1.54, 1.807) is 0 Å². The molecular formula is C14H20O8. The Morgan fingerprint density at radius 2 is 1.41 bits per heavy atom. The maximum atomic E-state index is 11.8. The monoisotopic (exact) mass is 316 g/mol. The lowest BCUT2D eigenvalue weighted by Gasteiger charge is -2.23. The van der Waals surface area contributed by atoms with Crippen molar-refractivity contribution >= 4 is 17.9 Å². The van der Waals surface area contributed by atoms with Gasteiger partial charge in [0.15, 0.2) is 5.60 Å². The van der Waals surface area contributed by atoms with E-state index in [1.807, 2.05) is 0 Å². The van der Waals surface area contributed by atoms with E-state index < -0.39 is 43.0 Å². The SMILES string of the molecule is C=CCOC(=O)CC(O)(CC(=O)OCC=C)C(=O)OCCO. The first kappa shape index (κ1) is 19.8. The fourth-order valence-electron chi connectivity index (χ4n) is 1.36. The van der Waals surface area contributed by atoms with Gasteiger partial charge in [0.1, 0.15) is 19.8 Å². The number of carbonyl (C=O) groups excluding carboxylic acids is 3. The maximum absolute atomic E-state index is 11.8. The average Bonchev–Trinajstić information content (AvgIpc) is 2.48. The molecule has 0 unspecified atom stereocenters. The molecule has 124 valence electrons. The number of aliphatic hydroxyl groups is 2. The highest BCUT2D eigenvalue weighted by molar-refractivity contribution is 5.90. The molecule has 0 aromatic heterocycles. The van der Waals surface area contributed by atoms with Gasteiger partial charge in [0.2, 0.25) is 0 Å². The first-order valence-corrected chi connectivity index (χ1v) is 6.43. The predicted octanol–water partition coefficient (Wildman–Crippen LogP) is -0.508. The molecule has 2 N–H and O–H groups in total. The van der Waals surface area contributed by atoms with Gasteiger partial charge in [0.05, 0.1) is 19.4 Å². The fourth-order valence-corrected chi connectivity index (χ4v) is 1.36. The lowest BCUT2D eigenvalue weighted by Crippen LogP contribution is -2.45. The van der Waals surface area contributed by atoms with Gasteiger partial charge in [-0.1, -0.05) is 25.3 Å². The first-order chi connectivity index (χ1) is 10.4. The van der Waals surface area contributed by atoms with Crippen LogP contribution in [0.15, 0.2) is 25.3 Å². The summed E-state index contributed by atoms with van der Waals surface area (Å²) in [5.41, 5.74) is -2.44. The van der Waals surface area contributed by atoms with E-state index in [9.17, 15) is 19.5 Å². The fraction of sp³-hybridized carbons (Fsp3) is 0.500. The van der Waals surface area contributed by atoms with Crippen molar-refractivity contribution in [3.05, 3.63) is 25.3 Å². The summed E-state index contributed by atoms with van der Waals surface area (Å²) in [6.45, 7) is 5.62. The summed E-state index contributed by atoms with van der Waals surface area (Å²) in [4.78, 5) is 34.9. The number of aliphatic hydroxyl groups excluding tert-OH is 1. The van der Waals surface area contributed by atoms with Crippen LogP contribution in [0, 0.1) is 0 Å². The second kappa shape index (κ2) is 10.5. The van der Waals surface area contributed by atoms with E-state index in [0.717, 1.165) is 0 Å². The molecule has 0 heterocycles. The molecule has 0 aliphatic heterocycles. The van der Waals surface area contributed by atoms with Gasteiger partial charge < -0.3 is 24.4 Å². The standard InChI is InChI=1S/C14H20O8/c1-3-6-20-11(16)9-14(19,13(18)22-8-5-15)10-12(17)21-7-4-2/h3-4,15,19H,1-2,5-10H2. The molecule has 8 heteroatoms. The van der Waals surface area contributed by atoms with Crippen LogP contribution >= 0.6 is 0 Å². The lowest BCUT2D eigenvalue weighted by atomic mass is 9.95. The van der Waals surface area contributed by atoms with Crippen LogP contribution in [0.5, 0.6) is 0 Å². The topological polar surface area (TPSA) is 119 Å². The predicted molar refractivity (Wildman–Crippen MR) is 74.5 cm³/mol. The molecule has 0 radical (unpaired) electrons. The Kier molecular flexibility index (Phi) is 9.48. The third-order valence-corrected chi connectivity index (χ3v) is 2.30. The molecule has 0 amide bonds. The summed E-state index contributed by atoms with van der Waals surface area (Å²) in [5.74, 6) is -3.06. The Hall–Kier alpha value is -2.19. The van der Waals surface area contributed by atoms with Crippen LogP contribution in [0.3, 0.4) is 0 Å². The van der Waals surface area contributed by atoms with Crippen molar-refractivity contribution in [3.8, 4) is 0 Å². The van der Waals surface area contributed by atoms with Crippen LogP contribution in [0.2, 0.25) is 0 Å². The average molecular weight is 316 g/mol. The van der Waals surface area contributed by atoms with Gasteiger partial charge in [-0.05, 0) is 0 Å². The zero-order valence-corrected chi connectivity index (χ0v) is 12.2. The summed E-state index contributed by atoms with van der Waals surface area (Å²) >= 11 is 0. The molecule has 0 saturated carbocycles. The Labute approximate surface area is 128 Å². The van der Waals surface area contributed by atoms with Crippen LogP contribution in [-0.4, -0.2) is 60.1 Å². The van der Waals surface area contributed by atoms with Crippen molar-refractivity contribution in [1.29, 1.82) is 0 Å². The van der Waals surface area contributed by atoms with Crippen molar-refractivity contribution in [2.45, 2.75) is 18.4 Å². The van der Waals surface area contributed by atoms with Gasteiger partial charge in [0.25, 0.3) is 0 Å². The molecule has 0 fully saturated rings. The van der Waals surface area contributed by atoms with E-state index >= 15 is 0 Å². The number of hydrogen-bond acceptors (Lipinski definition) is 8. The Morgan fingerprint density at radius 3 is 1.77 bits per heavy atom. The van der Waals surface area contributed by atoms with Gasteiger partial charge in [-0.3, -0.25) is 9.59 Å². The van der Waals surface area contributed by atoms with Crippen molar-refractivity contribution < 1.29 is 38.8 Å². The summed E-state index contributed by atoms with van der Waals surface area (Å²) in [6.07, 6.45) is 1.02. The van der Waals surface area contributed by atoms with Crippen LogP contribution in [0.1, 0.15) is 12.8 Å². The number of rotatable bonds is 11. The number of esters is 3. The van der Waals surface area contributed by atoms with Gasteiger partial charge in [0, 0.05) is 0 Å². The zero-order valence-electron chi connectivity index (χ0n) is 12.2. The molecular weight excluding hydrogens is 296 g/mol. The highest BCUT2D eigenvalue weighted by Gasteiger charge is 2.43. The van der Waals surface area contributed by atoms with E-state index in [1.165, 1.54) is 12.2 Å². The molecule has 0 bridgehead atoms. The number of hydrogen-bond donors (Lipinski definition) is 2. The third kappa shape index (κ3) is 7.55. The Bertz CT molecular complexity index is 389. The van der Waals surface area contributed by atoms with Crippen molar-refractivity contribution in [2.75, 3.05) is 26.4 Å². The minimum atomic E-state index is -2.44. The van der Waals surface area contributed by atoms with Crippen LogP contribution in [0.25, 0.3) is 0 Å². The van der Waals surface area contributed by atoms with E-state index in [0.29, 0.717) is 0 Å². The largest absolute Gasteiger partial charge is 0.461 e. The van der Waals surface area contributed by atoms with Gasteiger partial charge >= 0.3 is 17.9 Å². The smallest absolute Gasteiger partial charge is 0.339 e. The molecule has 0 aromatic rings. The van der Waals surface area contributed by atoms with E-state index in [-0.39, 0.29) is 19.8 Å². The maximum Gasteiger partial charge on any atom is 0.339 e. The summed E-state index contributed by atoms with van der Waals surface area (Å²) < 4.78 is 13.9. The highest BCUT2D eigenvalue weighted by Crippen LogP contribution is 2.19. The first-order valence-electron chi connectivity index (χ1n) is 6.43. The molecule has 0 atom stereocenters. The summed E-state index contributed by atoms with van der Waals surface area (Å²) in [6, 6.07) is 0. The number of carbonyl (C=O) groups is 3. The summed E-state index contributed by atoms with van der Waals surface area (Å²) in [7, 11) is 0. The van der Waals surface area contributed by atoms with Gasteiger partial charge in [-0.15, -0.1) is 0 Å². The Morgan fingerprint density at radius 1 is 0.955 bits per heavy atom. The van der Waals surface area contributed by atoms with Crippen LogP contribution < -0.4 is 0 Å². The Balaban J connectivity index is 4.90. The van der Waals surface area contributed by atoms with Crippen molar-refractivity contribution in [2.24, 2.45) is 0 Å². The molecule has 0 aromatic carbocycles. The minimum Gasteiger partial charge on any atom is -0.461 e. The van der Waals surface area contributed by atoms with Gasteiger partial charge in [-0.25, -0.2) is 4.79 Å². The second-order valence-corrected chi connectivity index (χ2v) is 4.19. The minimum absolute atomic E-state index is 0.110. The molecule has 0 saturated heterocycles. The normalized spacial score (nSPS) is 10.5. The van der Waals surface area contributed by atoms with E-state index in [4.69, 9.17) is 5.11 Å². The van der Waals surface area contributed by atoms with Crippen LogP contribution in [0.4, 0.5) is 0 Å². The molecule has 0 aliphatic carbocycles. The van der Waals surface area contributed by atoms with Crippen molar-refractivity contribution in [3.63, 3.8) is 0 Å². The van der Waals surface area contributed by atoms with Crippen LogP contribution in [-0.2, 0) is 28.6 Å².